The number of carbonyl (C=O) groups excluding carboxylic acids is 1. The van der Waals surface area contributed by atoms with Gasteiger partial charge in [0.25, 0.3) is 5.91 Å². The van der Waals surface area contributed by atoms with Crippen molar-refractivity contribution in [3.63, 3.8) is 0 Å². The van der Waals surface area contributed by atoms with Crippen LogP contribution in [-0.4, -0.2) is 17.9 Å². The van der Waals surface area contributed by atoms with Gasteiger partial charge in [0, 0.05) is 24.3 Å². The molecular weight excluding hydrogens is 287 g/mol. The van der Waals surface area contributed by atoms with E-state index in [0.29, 0.717) is 22.8 Å². The minimum absolute atomic E-state index is 0.0792. The highest BCUT2D eigenvalue weighted by molar-refractivity contribution is 6.32. The number of halogens is 2. The van der Waals surface area contributed by atoms with Gasteiger partial charge >= 0.3 is 0 Å². The van der Waals surface area contributed by atoms with Crippen molar-refractivity contribution in [3.05, 3.63) is 51.9 Å². The predicted octanol–water partition coefficient (Wildman–Crippen LogP) is 3.44. The lowest BCUT2D eigenvalue weighted by Crippen LogP contribution is -2.26. The van der Waals surface area contributed by atoms with Gasteiger partial charge in [-0.25, -0.2) is 0 Å². The monoisotopic (exact) mass is 298 g/mol. The normalized spacial score (nSPS) is 10.5. The Morgan fingerprint density at radius 3 is 2.74 bits per heavy atom. The lowest BCUT2D eigenvalue weighted by Gasteiger charge is -2.17. The summed E-state index contributed by atoms with van der Waals surface area (Å²) in [5.41, 5.74) is 7.40. The third-order valence-electron chi connectivity index (χ3n) is 2.67. The number of anilines is 1. The summed E-state index contributed by atoms with van der Waals surface area (Å²) in [5, 5.41) is 0.641. The van der Waals surface area contributed by atoms with Gasteiger partial charge < -0.3 is 15.1 Å². The Bertz CT molecular complexity index is 610. The summed E-state index contributed by atoms with van der Waals surface area (Å²) in [5.74, 6) is -0.239. The molecule has 0 radical (unpaired) electrons. The Morgan fingerprint density at radius 2 is 2.11 bits per heavy atom. The molecule has 2 aromatic rings. The van der Waals surface area contributed by atoms with Gasteiger partial charge in [-0.1, -0.05) is 11.6 Å². The SMILES string of the molecule is CN(Cc1cc(N)ccc1Cl)C(=O)c1ccoc1Cl. The summed E-state index contributed by atoms with van der Waals surface area (Å²) < 4.78 is 4.90. The van der Waals surface area contributed by atoms with Crippen molar-refractivity contribution in [1.29, 1.82) is 0 Å². The van der Waals surface area contributed by atoms with E-state index in [0.717, 1.165) is 5.56 Å². The first-order valence-electron chi connectivity index (χ1n) is 5.51. The lowest BCUT2D eigenvalue weighted by molar-refractivity contribution is 0.0784. The summed E-state index contributed by atoms with van der Waals surface area (Å²) in [4.78, 5) is 13.6. The van der Waals surface area contributed by atoms with E-state index >= 15 is 0 Å². The molecule has 0 aliphatic heterocycles. The molecule has 0 saturated heterocycles. The second kappa shape index (κ2) is 5.55. The maximum absolute atomic E-state index is 12.1. The Morgan fingerprint density at radius 1 is 1.37 bits per heavy atom. The fraction of sp³-hybridized carbons (Fsp3) is 0.154. The Hall–Kier alpha value is -1.65. The van der Waals surface area contributed by atoms with Crippen LogP contribution in [0.25, 0.3) is 0 Å². The van der Waals surface area contributed by atoms with Gasteiger partial charge in [0.2, 0.25) is 5.22 Å². The van der Waals surface area contributed by atoms with E-state index in [4.69, 9.17) is 33.4 Å². The highest BCUT2D eigenvalue weighted by Crippen LogP contribution is 2.22. The van der Waals surface area contributed by atoms with E-state index in [-0.39, 0.29) is 11.1 Å². The number of benzene rings is 1. The molecule has 0 fully saturated rings. The van der Waals surface area contributed by atoms with Crippen LogP contribution in [0.3, 0.4) is 0 Å². The van der Waals surface area contributed by atoms with Gasteiger partial charge in [-0.3, -0.25) is 4.79 Å². The molecule has 2 N–H and O–H groups in total. The molecule has 100 valence electrons. The Balaban J connectivity index is 2.17. The Kier molecular flexibility index (Phi) is 4.02. The minimum atomic E-state index is -0.239. The average molecular weight is 299 g/mol. The third kappa shape index (κ3) is 3.03. The average Bonchev–Trinajstić information content (AvgIpc) is 2.79. The quantitative estimate of drug-likeness (QED) is 0.883. The van der Waals surface area contributed by atoms with Crippen molar-refractivity contribution >= 4 is 34.8 Å². The summed E-state index contributed by atoms with van der Waals surface area (Å²) in [6.07, 6.45) is 1.37. The van der Waals surface area contributed by atoms with Crippen LogP contribution < -0.4 is 5.73 Å². The number of furan rings is 1. The molecule has 0 saturated carbocycles. The third-order valence-corrected chi connectivity index (χ3v) is 3.33. The number of hydrogen-bond acceptors (Lipinski definition) is 3. The maximum atomic E-state index is 12.1. The zero-order valence-electron chi connectivity index (χ0n) is 10.2. The zero-order chi connectivity index (χ0) is 14.0. The van der Waals surface area contributed by atoms with Crippen molar-refractivity contribution in [2.45, 2.75) is 6.54 Å². The topological polar surface area (TPSA) is 59.5 Å². The first kappa shape index (κ1) is 13.8. The molecule has 1 aromatic carbocycles. The number of nitrogens with zero attached hydrogens (tertiary/aromatic N) is 1. The smallest absolute Gasteiger partial charge is 0.258 e. The highest BCUT2D eigenvalue weighted by atomic mass is 35.5. The number of nitrogen functional groups attached to an aromatic ring is 1. The zero-order valence-corrected chi connectivity index (χ0v) is 11.7. The van der Waals surface area contributed by atoms with Gasteiger partial charge in [-0.2, -0.15) is 0 Å². The molecule has 0 unspecified atom stereocenters. The van der Waals surface area contributed by atoms with Crippen molar-refractivity contribution in [2.24, 2.45) is 0 Å². The predicted molar refractivity (Wildman–Crippen MR) is 75.4 cm³/mol. The number of carbonyl (C=O) groups is 1. The van der Waals surface area contributed by atoms with Crippen molar-refractivity contribution < 1.29 is 9.21 Å². The molecule has 1 aromatic heterocycles. The molecular formula is C13H12Cl2N2O2. The van der Waals surface area contributed by atoms with E-state index in [2.05, 4.69) is 0 Å². The molecule has 1 heterocycles. The maximum Gasteiger partial charge on any atom is 0.258 e. The van der Waals surface area contributed by atoms with Crippen LogP contribution in [0.15, 0.2) is 34.9 Å². The van der Waals surface area contributed by atoms with Gasteiger partial charge in [-0.05, 0) is 41.4 Å². The van der Waals surface area contributed by atoms with Crippen LogP contribution in [0.2, 0.25) is 10.2 Å². The van der Waals surface area contributed by atoms with E-state index in [1.165, 1.54) is 17.2 Å². The van der Waals surface area contributed by atoms with Crippen LogP contribution in [0.5, 0.6) is 0 Å². The molecule has 6 heteroatoms. The number of rotatable bonds is 3. The largest absolute Gasteiger partial charge is 0.452 e. The second-order valence-corrected chi connectivity index (χ2v) is 4.87. The van der Waals surface area contributed by atoms with Gasteiger partial charge in [0.05, 0.1) is 11.8 Å². The summed E-state index contributed by atoms with van der Waals surface area (Å²) >= 11 is 11.8. The van der Waals surface area contributed by atoms with Gasteiger partial charge in [0.1, 0.15) is 0 Å². The molecule has 0 atom stereocenters. The van der Waals surface area contributed by atoms with Crippen LogP contribution in [0.4, 0.5) is 5.69 Å². The van der Waals surface area contributed by atoms with Gasteiger partial charge in [-0.15, -0.1) is 0 Å². The highest BCUT2D eigenvalue weighted by Gasteiger charge is 2.18. The van der Waals surface area contributed by atoms with Crippen molar-refractivity contribution in [2.75, 3.05) is 12.8 Å². The van der Waals surface area contributed by atoms with E-state index in [1.807, 2.05) is 0 Å². The van der Waals surface area contributed by atoms with Crippen molar-refractivity contribution in [3.8, 4) is 0 Å². The van der Waals surface area contributed by atoms with Crippen LogP contribution in [0, 0.1) is 0 Å². The number of hydrogen-bond donors (Lipinski definition) is 1. The Labute approximate surface area is 120 Å². The molecule has 2 rings (SSSR count). The number of nitrogens with two attached hydrogens (primary N) is 1. The van der Waals surface area contributed by atoms with Crippen molar-refractivity contribution in [1.82, 2.24) is 4.90 Å². The standard InChI is InChI=1S/C13H12Cl2N2O2/c1-17(13(18)10-4-5-19-12(10)15)7-8-6-9(16)2-3-11(8)14/h2-6H,7,16H2,1H3. The second-order valence-electron chi connectivity index (χ2n) is 4.12. The minimum Gasteiger partial charge on any atom is -0.452 e. The molecule has 0 bridgehead atoms. The van der Waals surface area contributed by atoms with E-state index in [1.54, 1.807) is 25.2 Å². The van der Waals surface area contributed by atoms with Crippen LogP contribution in [-0.2, 0) is 6.54 Å². The fourth-order valence-electron chi connectivity index (χ4n) is 1.69. The fourth-order valence-corrected chi connectivity index (χ4v) is 2.07. The molecule has 1 amide bonds. The molecule has 4 nitrogen and oxygen atoms in total. The van der Waals surface area contributed by atoms with E-state index < -0.39 is 0 Å². The molecule has 19 heavy (non-hydrogen) atoms. The summed E-state index contributed by atoms with van der Waals surface area (Å²) in [7, 11) is 1.66. The molecule has 0 spiro atoms. The molecule has 0 aliphatic rings. The van der Waals surface area contributed by atoms with Crippen LogP contribution in [0.1, 0.15) is 15.9 Å². The van der Waals surface area contributed by atoms with Crippen LogP contribution >= 0.6 is 23.2 Å². The molecule has 0 aliphatic carbocycles. The first-order chi connectivity index (χ1) is 8.99. The summed E-state index contributed by atoms with van der Waals surface area (Å²) in [6.45, 7) is 0.338. The number of amides is 1. The lowest BCUT2D eigenvalue weighted by atomic mass is 10.2. The summed E-state index contributed by atoms with van der Waals surface area (Å²) in [6, 6.07) is 6.68. The van der Waals surface area contributed by atoms with Gasteiger partial charge in [0.15, 0.2) is 0 Å². The van der Waals surface area contributed by atoms with E-state index in [9.17, 15) is 4.79 Å². The first-order valence-corrected chi connectivity index (χ1v) is 6.27.